The van der Waals surface area contributed by atoms with E-state index >= 15 is 0 Å². The van der Waals surface area contributed by atoms with Crippen LogP contribution < -0.4 is 0 Å². The fourth-order valence-corrected chi connectivity index (χ4v) is 1.16. The molecule has 0 saturated carbocycles. The molecule has 72 valence electrons. The highest BCUT2D eigenvalue weighted by Gasteiger charge is 2.13. The van der Waals surface area contributed by atoms with Crippen LogP contribution >= 0.6 is 0 Å². The Morgan fingerprint density at radius 3 is 2.85 bits per heavy atom. The molecule has 0 saturated heterocycles. The van der Waals surface area contributed by atoms with Gasteiger partial charge in [0.25, 0.3) is 0 Å². The van der Waals surface area contributed by atoms with Gasteiger partial charge >= 0.3 is 5.97 Å². The van der Waals surface area contributed by atoms with Gasteiger partial charge in [-0.3, -0.25) is 4.68 Å². The molecular formula is C9H14N2O2. The fourth-order valence-electron chi connectivity index (χ4n) is 1.16. The molecule has 0 unspecified atom stereocenters. The van der Waals surface area contributed by atoms with Gasteiger partial charge in [0, 0.05) is 6.54 Å². The number of aryl methyl sites for hydroxylation is 2. The van der Waals surface area contributed by atoms with Gasteiger partial charge in [0.15, 0.2) is 0 Å². The molecule has 0 aliphatic rings. The van der Waals surface area contributed by atoms with Crippen LogP contribution in [0.2, 0.25) is 0 Å². The number of aromatic nitrogens is 2. The summed E-state index contributed by atoms with van der Waals surface area (Å²) in [5.41, 5.74) is 1.37. The first kappa shape index (κ1) is 9.77. The summed E-state index contributed by atoms with van der Waals surface area (Å²) in [6, 6.07) is 1.74. The number of ether oxygens (including phenoxy) is 1. The third kappa shape index (κ3) is 2.08. The average molecular weight is 182 g/mol. The normalized spacial score (nSPS) is 10.1. The van der Waals surface area contributed by atoms with E-state index in [4.69, 9.17) is 4.74 Å². The highest BCUT2D eigenvalue weighted by atomic mass is 16.5. The molecule has 0 radical (unpaired) electrons. The lowest BCUT2D eigenvalue weighted by Gasteiger charge is -2.02. The molecule has 0 aliphatic heterocycles. The van der Waals surface area contributed by atoms with Crippen LogP contribution in [0.4, 0.5) is 0 Å². The van der Waals surface area contributed by atoms with E-state index in [1.807, 2.05) is 13.8 Å². The van der Waals surface area contributed by atoms with Crippen LogP contribution in [0.1, 0.15) is 30.0 Å². The minimum atomic E-state index is -0.301. The standard InChI is InChI=1S/C9H14N2O2/c1-4-11-8(6-7(3)10-11)9(12)13-5-2/h6H,4-5H2,1-3H3. The number of hydrogen-bond acceptors (Lipinski definition) is 3. The van der Waals surface area contributed by atoms with Crippen molar-refractivity contribution in [2.75, 3.05) is 6.61 Å². The lowest BCUT2D eigenvalue weighted by molar-refractivity contribution is 0.0512. The van der Waals surface area contributed by atoms with Crippen molar-refractivity contribution in [3.8, 4) is 0 Å². The van der Waals surface area contributed by atoms with E-state index in [-0.39, 0.29) is 5.97 Å². The van der Waals surface area contributed by atoms with Crippen LogP contribution in [-0.2, 0) is 11.3 Å². The highest BCUT2D eigenvalue weighted by molar-refractivity contribution is 5.87. The molecule has 13 heavy (non-hydrogen) atoms. The number of carbonyl (C=O) groups excluding carboxylic acids is 1. The van der Waals surface area contributed by atoms with Crippen LogP contribution in [0.15, 0.2) is 6.07 Å². The van der Waals surface area contributed by atoms with E-state index in [0.717, 1.165) is 5.69 Å². The zero-order chi connectivity index (χ0) is 9.84. The van der Waals surface area contributed by atoms with Gasteiger partial charge in [-0.15, -0.1) is 0 Å². The molecular weight excluding hydrogens is 168 g/mol. The predicted octanol–water partition coefficient (Wildman–Crippen LogP) is 1.39. The fraction of sp³-hybridized carbons (Fsp3) is 0.556. The van der Waals surface area contributed by atoms with Gasteiger partial charge in [-0.25, -0.2) is 4.79 Å². The van der Waals surface area contributed by atoms with Gasteiger partial charge in [0.05, 0.1) is 12.3 Å². The third-order valence-corrected chi connectivity index (χ3v) is 1.69. The van der Waals surface area contributed by atoms with Gasteiger partial charge in [-0.1, -0.05) is 0 Å². The van der Waals surface area contributed by atoms with Crippen molar-refractivity contribution in [3.05, 3.63) is 17.5 Å². The number of rotatable bonds is 3. The largest absolute Gasteiger partial charge is 0.461 e. The predicted molar refractivity (Wildman–Crippen MR) is 48.6 cm³/mol. The topological polar surface area (TPSA) is 44.1 Å². The second-order valence-corrected chi connectivity index (χ2v) is 2.71. The van der Waals surface area contributed by atoms with Crippen molar-refractivity contribution in [2.45, 2.75) is 27.3 Å². The molecule has 1 aromatic heterocycles. The van der Waals surface area contributed by atoms with Crippen molar-refractivity contribution >= 4 is 5.97 Å². The van der Waals surface area contributed by atoms with E-state index < -0.39 is 0 Å². The molecule has 0 N–H and O–H groups in total. The van der Waals surface area contributed by atoms with Crippen LogP contribution in [-0.4, -0.2) is 22.4 Å². The molecule has 0 fully saturated rings. The highest BCUT2D eigenvalue weighted by Crippen LogP contribution is 2.05. The smallest absolute Gasteiger partial charge is 0.356 e. The maximum atomic E-state index is 11.4. The van der Waals surface area contributed by atoms with Gasteiger partial charge in [0.1, 0.15) is 5.69 Å². The molecule has 0 amide bonds. The Hall–Kier alpha value is -1.32. The first-order chi connectivity index (χ1) is 6.19. The van der Waals surface area contributed by atoms with Crippen molar-refractivity contribution < 1.29 is 9.53 Å². The molecule has 0 atom stereocenters. The SMILES string of the molecule is CCOC(=O)c1cc(C)nn1CC. The minimum Gasteiger partial charge on any atom is -0.461 e. The second-order valence-electron chi connectivity index (χ2n) is 2.71. The van der Waals surface area contributed by atoms with Crippen LogP contribution in [0.3, 0.4) is 0 Å². The summed E-state index contributed by atoms with van der Waals surface area (Å²) in [5.74, 6) is -0.301. The quantitative estimate of drug-likeness (QED) is 0.663. The van der Waals surface area contributed by atoms with E-state index in [1.54, 1.807) is 17.7 Å². The zero-order valence-electron chi connectivity index (χ0n) is 8.20. The molecule has 1 aromatic rings. The molecule has 0 aromatic carbocycles. The summed E-state index contributed by atoms with van der Waals surface area (Å²) in [6.07, 6.45) is 0. The van der Waals surface area contributed by atoms with Crippen molar-refractivity contribution in [3.63, 3.8) is 0 Å². The molecule has 4 nitrogen and oxygen atoms in total. The van der Waals surface area contributed by atoms with Gasteiger partial charge < -0.3 is 4.74 Å². The summed E-state index contributed by atoms with van der Waals surface area (Å²) >= 11 is 0. The van der Waals surface area contributed by atoms with E-state index in [1.165, 1.54) is 0 Å². The van der Waals surface area contributed by atoms with Crippen molar-refractivity contribution in [1.82, 2.24) is 9.78 Å². The number of nitrogens with zero attached hydrogens (tertiary/aromatic N) is 2. The monoisotopic (exact) mass is 182 g/mol. The summed E-state index contributed by atoms with van der Waals surface area (Å²) in [7, 11) is 0. The molecule has 0 bridgehead atoms. The zero-order valence-corrected chi connectivity index (χ0v) is 8.20. The first-order valence-corrected chi connectivity index (χ1v) is 4.40. The van der Waals surface area contributed by atoms with Gasteiger partial charge in [-0.05, 0) is 26.8 Å². The summed E-state index contributed by atoms with van der Waals surface area (Å²) in [4.78, 5) is 11.4. The van der Waals surface area contributed by atoms with Crippen LogP contribution in [0.5, 0.6) is 0 Å². The van der Waals surface area contributed by atoms with Crippen molar-refractivity contribution in [1.29, 1.82) is 0 Å². The van der Waals surface area contributed by atoms with Gasteiger partial charge in [-0.2, -0.15) is 5.10 Å². The minimum absolute atomic E-state index is 0.301. The molecule has 0 spiro atoms. The first-order valence-electron chi connectivity index (χ1n) is 4.40. The van der Waals surface area contributed by atoms with Crippen LogP contribution in [0, 0.1) is 6.92 Å². The second kappa shape index (κ2) is 4.07. The molecule has 0 aliphatic carbocycles. The number of esters is 1. The number of carbonyl (C=O) groups is 1. The van der Waals surface area contributed by atoms with E-state index in [2.05, 4.69) is 5.10 Å². The maximum absolute atomic E-state index is 11.4. The third-order valence-electron chi connectivity index (χ3n) is 1.69. The van der Waals surface area contributed by atoms with Gasteiger partial charge in [0.2, 0.25) is 0 Å². The lowest BCUT2D eigenvalue weighted by Crippen LogP contribution is -2.12. The van der Waals surface area contributed by atoms with Crippen LogP contribution in [0.25, 0.3) is 0 Å². The average Bonchev–Trinajstić information content (AvgIpc) is 2.47. The lowest BCUT2D eigenvalue weighted by atomic mass is 10.4. The maximum Gasteiger partial charge on any atom is 0.356 e. The Kier molecular flexibility index (Phi) is 3.06. The Bertz CT molecular complexity index is 305. The molecule has 1 rings (SSSR count). The Morgan fingerprint density at radius 1 is 1.62 bits per heavy atom. The summed E-state index contributed by atoms with van der Waals surface area (Å²) < 4.78 is 6.53. The number of hydrogen-bond donors (Lipinski definition) is 0. The summed E-state index contributed by atoms with van der Waals surface area (Å²) in [5, 5.41) is 4.15. The van der Waals surface area contributed by atoms with E-state index in [9.17, 15) is 4.79 Å². The Balaban J connectivity index is 2.91. The van der Waals surface area contributed by atoms with E-state index in [0.29, 0.717) is 18.8 Å². The molecule has 4 heteroatoms. The molecule has 1 heterocycles. The summed E-state index contributed by atoms with van der Waals surface area (Å²) in [6.45, 7) is 6.66. The van der Waals surface area contributed by atoms with Crippen molar-refractivity contribution in [2.24, 2.45) is 0 Å². The Labute approximate surface area is 77.5 Å². The Morgan fingerprint density at radius 2 is 2.31 bits per heavy atom.